The topological polar surface area (TPSA) is 92.6 Å². The van der Waals surface area contributed by atoms with Crippen molar-refractivity contribution in [3.8, 4) is 0 Å². The molecule has 1 N–H and O–H groups in total. The lowest BCUT2D eigenvalue weighted by Gasteiger charge is -2.20. The van der Waals surface area contributed by atoms with Crippen molar-refractivity contribution in [1.82, 2.24) is 10.2 Å². The van der Waals surface area contributed by atoms with Crippen LogP contribution >= 0.6 is 22.9 Å². The Morgan fingerprint density at radius 2 is 1.96 bits per heavy atom. The van der Waals surface area contributed by atoms with Gasteiger partial charge in [-0.25, -0.2) is 0 Å². The van der Waals surface area contributed by atoms with Gasteiger partial charge in [-0.1, -0.05) is 17.7 Å². The van der Waals surface area contributed by atoms with Gasteiger partial charge in [-0.3, -0.25) is 19.7 Å². The zero-order valence-corrected chi connectivity index (χ0v) is 16.0. The fourth-order valence-electron chi connectivity index (χ4n) is 2.31. The molecule has 142 valence electrons. The number of rotatable bonds is 9. The van der Waals surface area contributed by atoms with Crippen LogP contribution in [0.2, 0.25) is 4.34 Å². The zero-order valence-electron chi connectivity index (χ0n) is 14.4. The maximum absolute atomic E-state index is 12.4. The lowest BCUT2D eigenvalue weighted by Crippen LogP contribution is -2.34. The normalized spacial score (nSPS) is 10.3. The standard InChI is InChI=1S/C18H18ClN3O4S/c1-2-11-21(12-15-7-8-16(19)27-15)17(23)9-10-20-18(24)13-3-5-14(6-4-13)22(25)26/h2-8H,1,9-12H2,(H,20,24). The number of carbonyl (C=O) groups is 2. The number of nitro benzene ring substituents is 1. The zero-order chi connectivity index (χ0) is 19.8. The van der Waals surface area contributed by atoms with Crippen LogP contribution in [-0.4, -0.2) is 34.7 Å². The monoisotopic (exact) mass is 407 g/mol. The molecule has 0 aliphatic heterocycles. The number of hydrogen-bond donors (Lipinski definition) is 1. The van der Waals surface area contributed by atoms with Crippen LogP contribution in [-0.2, 0) is 11.3 Å². The molecule has 0 unspecified atom stereocenters. The van der Waals surface area contributed by atoms with E-state index in [1.165, 1.54) is 35.6 Å². The summed E-state index contributed by atoms with van der Waals surface area (Å²) in [4.78, 5) is 37.2. The lowest BCUT2D eigenvalue weighted by molar-refractivity contribution is -0.384. The quantitative estimate of drug-likeness (QED) is 0.390. The van der Waals surface area contributed by atoms with Gasteiger partial charge in [0.2, 0.25) is 5.91 Å². The highest BCUT2D eigenvalue weighted by atomic mass is 35.5. The average molecular weight is 408 g/mol. The Balaban J connectivity index is 1.86. The maximum atomic E-state index is 12.4. The number of halogens is 1. The van der Waals surface area contributed by atoms with E-state index in [-0.39, 0.29) is 24.6 Å². The van der Waals surface area contributed by atoms with E-state index in [4.69, 9.17) is 11.6 Å². The number of thiophene rings is 1. The molecule has 0 atom stereocenters. The van der Waals surface area contributed by atoms with Gasteiger partial charge in [0.15, 0.2) is 0 Å². The number of hydrogen-bond acceptors (Lipinski definition) is 5. The molecule has 1 aromatic heterocycles. The molecular weight excluding hydrogens is 390 g/mol. The summed E-state index contributed by atoms with van der Waals surface area (Å²) < 4.78 is 0.659. The van der Waals surface area contributed by atoms with E-state index in [1.807, 2.05) is 6.07 Å². The molecule has 0 bridgehead atoms. The molecule has 2 rings (SSSR count). The minimum atomic E-state index is -0.532. The molecule has 0 radical (unpaired) electrons. The summed E-state index contributed by atoms with van der Waals surface area (Å²) in [5.74, 6) is -0.513. The Bertz CT molecular complexity index is 835. The van der Waals surface area contributed by atoms with Crippen molar-refractivity contribution in [1.29, 1.82) is 0 Å². The Morgan fingerprint density at radius 3 is 2.52 bits per heavy atom. The summed E-state index contributed by atoms with van der Waals surface area (Å²) >= 11 is 7.32. The number of nitro groups is 1. The first-order valence-corrected chi connectivity index (χ1v) is 9.25. The first-order valence-electron chi connectivity index (χ1n) is 8.06. The molecule has 2 aromatic rings. The summed E-state index contributed by atoms with van der Waals surface area (Å²) in [6.45, 7) is 4.65. The Kier molecular flexibility index (Phi) is 7.51. The van der Waals surface area contributed by atoms with Crippen molar-refractivity contribution < 1.29 is 14.5 Å². The SMILES string of the molecule is C=CCN(Cc1ccc(Cl)s1)C(=O)CCNC(=O)c1ccc([N+](=O)[O-])cc1. The third-order valence-corrected chi connectivity index (χ3v) is 4.86. The molecule has 0 fully saturated rings. The average Bonchev–Trinajstić information content (AvgIpc) is 3.06. The fourth-order valence-corrected chi connectivity index (χ4v) is 3.42. The summed E-state index contributed by atoms with van der Waals surface area (Å²) in [6, 6.07) is 8.92. The van der Waals surface area contributed by atoms with E-state index < -0.39 is 10.8 Å². The van der Waals surface area contributed by atoms with Crippen molar-refractivity contribution in [3.05, 3.63) is 73.9 Å². The molecule has 2 amide bonds. The van der Waals surface area contributed by atoms with E-state index in [0.29, 0.717) is 23.0 Å². The number of benzene rings is 1. The van der Waals surface area contributed by atoms with Gasteiger partial charge in [-0.2, -0.15) is 0 Å². The molecule has 0 saturated carbocycles. The summed E-state index contributed by atoms with van der Waals surface area (Å²) in [5.41, 5.74) is 0.208. The number of amides is 2. The largest absolute Gasteiger partial charge is 0.352 e. The minimum absolute atomic E-state index is 0.0875. The molecule has 27 heavy (non-hydrogen) atoms. The Labute approximate surface area is 165 Å². The number of nitrogens with one attached hydrogen (secondary N) is 1. The highest BCUT2D eigenvalue weighted by Crippen LogP contribution is 2.23. The first-order chi connectivity index (χ1) is 12.9. The minimum Gasteiger partial charge on any atom is -0.352 e. The van der Waals surface area contributed by atoms with Crippen LogP contribution in [0.3, 0.4) is 0 Å². The van der Waals surface area contributed by atoms with E-state index in [1.54, 1.807) is 17.0 Å². The predicted molar refractivity (Wildman–Crippen MR) is 105 cm³/mol. The van der Waals surface area contributed by atoms with Gasteiger partial charge < -0.3 is 10.2 Å². The predicted octanol–water partition coefficient (Wildman–Crippen LogP) is 3.64. The summed E-state index contributed by atoms with van der Waals surface area (Å²) in [7, 11) is 0. The van der Waals surface area contributed by atoms with Crippen LogP contribution in [0.25, 0.3) is 0 Å². The molecule has 9 heteroatoms. The highest BCUT2D eigenvalue weighted by Gasteiger charge is 2.15. The van der Waals surface area contributed by atoms with Crippen LogP contribution in [0.15, 0.2) is 49.1 Å². The van der Waals surface area contributed by atoms with Gasteiger partial charge in [0.05, 0.1) is 15.8 Å². The highest BCUT2D eigenvalue weighted by molar-refractivity contribution is 7.16. The molecule has 1 heterocycles. The second-order valence-corrected chi connectivity index (χ2v) is 7.38. The molecule has 1 aromatic carbocycles. The molecule has 0 aliphatic rings. The van der Waals surface area contributed by atoms with Crippen molar-refractivity contribution >= 4 is 40.4 Å². The maximum Gasteiger partial charge on any atom is 0.269 e. The molecule has 0 aliphatic carbocycles. The van der Waals surface area contributed by atoms with Crippen LogP contribution in [0.1, 0.15) is 21.7 Å². The van der Waals surface area contributed by atoms with Crippen molar-refractivity contribution in [2.45, 2.75) is 13.0 Å². The second-order valence-electron chi connectivity index (χ2n) is 5.58. The van der Waals surface area contributed by atoms with Crippen molar-refractivity contribution in [3.63, 3.8) is 0 Å². The van der Waals surface area contributed by atoms with Gasteiger partial charge in [0.25, 0.3) is 11.6 Å². The Morgan fingerprint density at radius 1 is 1.26 bits per heavy atom. The van der Waals surface area contributed by atoms with Crippen molar-refractivity contribution in [2.75, 3.05) is 13.1 Å². The van der Waals surface area contributed by atoms with E-state index in [0.717, 1.165) is 4.88 Å². The summed E-state index contributed by atoms with van der Waals surface area (Å²) in [6.07, 6.45) is 1.77. The Hall–Kier alpha value is -2.71. The van der Waals surface area contributed by atoms with Crippen LogP contribution in [0.5, 0.6) is 0 Å². The first kappa shape index (κ1) is 20.6. The number of carbonyl (C=O) groups excluding carboxylic acids is 2. The van der Waals surface area contributed by atoms with E-state index in [2.05, 4.69) is 11.9 Å². The number of nitrogens with zero attached hydrogens (tertiary/aromatic N) is 2. The van der Waals surface area contributed by atoms with Crippen LogP contribution < -0.4 is 5.32 Å². The van der Waals surface area contributed by atoms with E-state index >= 15 is 0 Å². The second kappa shape index (κ2) is 9.84. The smallest absolute Gasteiger partial charge is 0.269 e. The van der Waals surface area contributed by atoms with Crippen molar-refractivity contribution in [2.24, 2.45) is 0 Å². The molecular formula is C18H18ClN3O4S. The van der Waals surface area contributed by atoms with Gasteiger partial charge in [-0.05, 0) is 24.3 Å². The van der Waals surface area contributed by atoms with Gasteiger partial charge in [-0.15, -0.1) is 17.9 Å². The lowest BCUT2D eigenvalue weighted by atomic mass is 10.2. The third kappa shape index (κ3) is 6.19. The summed E-state index contributed by atoms with van der Waals surface area (Å²) in [5, 5.41) is 13.3. The van der Waals surface area contributed by atoms with Gasteiger partial charge in [0, 0.05) is 42.1 Å². The fraction of sp³-hybridized carbons (Fsp3) is 0.222. The number of non-ortho nitro benzene ring substituents is 1. The van der Waals surface area contributed by atoms with Gasteiger partial charge in [0.1, 0.15) is 0 Å². The molecule has 0 saturated heterocycles. The van der Waals surface area contributed by atoms with Crippen LogP contribution in [0, 0.1) is 10.1 Å². The van der Waals surface area contributed by atoms with E-state index in [9.17, 15) is 19.7 Å². The van der Waals surface area contributed by atoms with Gasteiger partial charge >= 0.3 is 0 Å². The molecule has 7 nitrogen and oxygen atoms in total. The molecule has 0 spiro atoms. The van der Waals surface area contributed by atoms with Crippen LogP contribution in [0.4, 0.5) is 5.69 Å². The third-order valence-electron chi connectivity index (χ3n) is 3.64.